The molecule has 0 saturated heterocycles. The summed E-state index contributed by atoms with van der Waals surface area (Å²) in [5.74, 6) is -0.934. The van der Waals surface area contributed by atoms with E-state index in [1.807, 2.05) is 24.4 Å². The van der Waals surface area contributed by atoms with Gasteiger partial charge >= 0.3 is 5.97 Å². The van der Waals surface area contributed by atoms with E-state index in [0.29, 0.717) is 6.42 Å². The molecule has 0 spiro atoms. The van der Waals surface area contributed by atoms with Gasteiger partial charge in [-0.25, -0.2) is 0 Å². The number of nitrogens with one attached hydrogen (secondary N) is 2. The van der Waals surface area contributed by atoms with Gasteiger partial charge < -0.3 is 21.1 Å². The molecule has 0 amide bonds. The molecule has 0 radical (unpaired) electrons. The molecule has 19 heavy (non-hydrogen) atoms. The van der Waals surface area contributed by atoms with Crippen molar-refractivity contribution in [3.05, 3.63) is 36.0 Å². The molecule has 0 bridgehead atoms. The molecule has 0 fully saturated rings. The second-order valence-corrected chi connectivity index (χ2v) is 4.62. The number of para-hydroxylation sites is 1. The monoisotopic (exact) mass is 261 g/mol. The lowest BCUT2D eigenvalue weighted by Crippen LogP contribution is -2.30. The Hall–Kier alpha value is -1.85. The standard InChI is InChI=1S/C14H19N3O2/c15-12(14(18)19)5-3-7-16-8-10-9-17-13-6-2-1-4-11(10)13/h1-2,4,6,9,12,16-17H,3,5,7-8,15H2,(H,18,19). The van der Waals surface area contributed by atoms with Crippen molar-refractivity contribution in [2.24, 2.45) is 5.73 Å². The van der Waals surface area contributed by atoms with Crippen molar-refractivity contribution in [1.82, 2.24) is 10.3 Å². The van der Waals surface area contributed by atoms with E-state index in [9.17, 15) is 4.79 Å². The van der Waals surface area contributed by atoms with Crippen LogP contribution in [0.25, 0.3) is 10.9 Å². The van der Waals surface area contributed by atoms with Crippen molar-refractivity contribution in [3.63, 3.8) is 0 Å². The average Bonchev–Trinajstić information content (AvgIpc) is 2.81. The highest BCUT2D eigenvalue weighted by molar-refractivity contribution is 5.82. The predicted octanol–water partition coefficient (Wildman–Crippen LogP) is 1.45. The first-order chi connectivity index (χ1) is 9.18. The molecule has 1 aromatic carbocycles. The first-order valence-corrected chi connectivity index (χ1v) is 6.42. The molecule has 0 aliphatic heterocycles. The SMILES string of the molecule is NC(CCCNCc1c[nH]c2ccccc12)C(=O)O. The number of carbonyl (C=O) groups is 1. The van der Waals surface area contributed by atoms with Crippen molar-refractivity contribution in [2.45, 2.75) is 25.4 Å². The predicted molar refractivity (Wildman–Crippen MR) is 74.9 cm³/mol. The molecule has 2 rings (SSSR count). The Bertz CT molecular complexity index is 550. The highest BCUT2D eigenvalue weighted by atomic mass is 16.4. The fraction of sp³-hybridized carbons (Fsp3) is 0.357. The van der Waals surface area contributed by atoms with Gasteiger partial charge in [-0.2, -0.15) is 0 Å². The lowest BCUT2D eigenvalue weighted by Gasteiger charge is -2.07. The van der Waals surface area contributed by atoms with Crippen molar-refractivity contribution in [2.75, 3.05) is 6.54 Å². The third kappa shape index (κ3) is 3.56. The van der Waals surface area contributed by atoms with E-state index < -0.39 is 12.0 Å². The number of hydrogen-bond donors (Lipinski definition) is 4. The largest absolute Gasteiger partial charge is 0.480 e. The number of H-pyrrole nitrogens is 1. The van der Waals surface area contributed by atoms with Crippen LogP contribution in [0.1, 0.15) is 18.4 Å². The van der Waals surface area contributed by atoms with Crippen LogP contribution >= 0.6 is 0 Å². The van der Waals surface area contributed by atoms with Gasteiger partial charge in [0.25, 0.3) is 0 Å². The zero-order valence-electron chi connectivity index (χ0n) is 10.7. The Morgan fingerprint density at radius 3 is 3.00 bits per heavy atom. The topological polar surface area (TPSA) is 91.1 Å². The molecule has 1 aromatic heterocycles. The summed E-state index contributed by atoms with van der Waals surface area (Å²) in [7, 11) is 0. The molecule has 0 aliphatic rings. The van der Waals surface area contributed by atoms with E-state index in [-0.39, 0.29) is 0 Å². The van der Waals surface area contributed by atoms with Crippen LogP contribution in [0, 0.1) is 0 Å². The molecule has 5 nitrogen and oxygen atoms in total. The number of carboxylic acid groups (broad SMARTS) is 1. The highest BCUT2D eigenvalue weighted by Crippen LogP contribution is 2.17. The van der Waals surface area contributed by atoms with Crippen molar-refractivity contribution < 1.29 is 9.90 Å². The lowest BCUT2D eigenvalue weighted by molar-refractivity contribution is -0.138. The van der Waals surface area contributed by atoms with E-state index >= 15 is 0 Å². The van der Waals surface area contributed by atoms with Gasteiger partial charge in [0.1, 0.15) is 6.04 Å². The number of aromatic amines is 1. The van der Waals surface area contributed by atoms with Crippen molar-refractivity contribution >= 4 is 16.9 Å². The fourth-order valence-corrected chi connectivity index (χ4v) is 2.07. The molecule has 1 unspecified atom stereocenters. The normalized spacial score (nSPS) is 12.7. The van der Waals surface area contributed by atoms with E-state index in [1.54, 1.807) is 0 Å². The van der Waals surface area contributed by atoms with Crippen molar-refractivity contribution in [1.29, 1.82) is 0 Å². The van der Waals surface area contributed by atoms with E-state index in [1.165, 1.54) is 10.9 Å². The van der Waals surface area contributed by atoms with Crippen LogP contribution in [0.15, 0.2) is 30.5 Å². The number of fused-ring (bicyclic) bond motifs is 1. The number of aromatic nitrogens is 1. The number of carboxylic acids is 1. The quantitative estimate of drug-likeness (QED) is 0.568. The van der Waals surface area contributed by atoms with Crippen molar-refractivity contribution in [3.8, 4) is 0 Å². The second-order valence-electron chi connectivity index (χ2n) is 4.62. The van der Waals surface area contributed by atoms with Gasteiger partial charge in [0.05, 0.1) is 0 Å². The minimum Gasteiger partial charge on any atom is -0.480 e. The summed E-state index contributed by atoms with van der Waals surface area (Å²) in [5, 5.41) is 13.2. The molecule has 102 valence electrons. The van der Waals surface area contributed by atoms with Gasteiger partial charge in [-0.15, -0.1) is 0 Å². The van der Waals surface area contributed by atoms with Gasteiger partial charge in [-0.05, 0) is 31.0 Å². The molecule has 5 heteroatoms. The molecule has 0 aliphatic carbocycles. The molecular weight excluding hydrogens is 242 g/mol. The first kappa shape index (κ1) is 13.6. The van der Waals surface area contributed by atoms with Gasteiger partial charge in [0.15, 0.2) is 0 Å². The lowest BCUT2D eigenvalue weighted by atomic mass is 10.1. The van der Waals surface area contributed by atoms with Crippen LogP contribution in [0.4, 0.5) is 0 Å². The Kier molecular flexibility index (Phi) is 4.54. The third-order valence-corrected chi connectivity index (χ3v) is 3.18. The zero-order valence-corrected chi connectivity index (χ0v) is 10.7. The van der Waals surface area contributed by atoms with Crippen LogP contribution in [-0.2, 0) is 11.3 Å². The molecule has 1 heterocycles. The Balaban J connectivity index is 1.76. The molecule has 1 atom stereocenters. The van der Waals surface area contributed by atoms with Crippen LogP contribution in [0.2, 0.25) is 0 Å². The van der Waals surface area contributed by atoms with Gasteiger partial charge in [0, 0.05) is 23.6 Å². The summed E-state index contributed by atoms with van der Waals surface area (Å²) in [6.45, 7) is 1.53. The summed E-state index contributed by atoms with van der Waals surface area (Å²) < 4.78 is 0. The molecule has 5 N–H and O–H groups in total. The van der Waals surface area contributed by atoms with Gasteiger partial charge in [-0.1, -0.05) is 18.2 Å². The Morgan fingerprint density at radius 1 is 1.42 bits per heavy atom. The smallest absolute Gasteiger partial charge is 0.320 e. The maximum atomic E-state index is 10.5. The summed E-state index contributed by atoms with van der Waals surface area (Å²) >= 11 is 0. The fourth-order valence-electron chi connectivity index (χ4n) is 2.07. The van der Waals surface area contributed by atoms with E-state index in [4.69, 9.17) is 10.8 Å². The number of aliphatic carboxylic acids is 1. The Morgan fingerprint density at radius 2 is 2.21 bits per heavy atom. The minimum absolute atomic E-state index is 0.496. The van der Waals surface area contributed by atoms with Crippen LogP contribution in [0.5, 0.6) is 0 Å². The first-order valence-electron chi connectivity index (χ1n) is 6.42. The summed E-state index contributed by atoms with van der Waals surface area (Å²) in [5.41, 5.74) is 7.79. The molecular formula is C14H19N3O2. The van der Waals surface area contributed by atoms with Crippen LogP contribution < -0.4 is 11.1 Å². The summed E-state index contributed by atoms with van der Waals surface area (Å²) in [4.78, 5) is 13.8. The maximum absolute atomic E-state index is 10.5. The summed E-state index contributed by atoms with van der Waals surface area (Å²) in [6, 6.07) is 7.40. The molecule has 0 saturated carbocycles. The summed E-state index contributed by atoms with van der Waals surface area (Å²) in [6.07, 6.45) is 3.26. The molecule has 2 aromatic rings. The third-order valence-electron chi connectivity index (χ3n) is 3.18. The van der Waals surface area contributed by atoms with E-state index in [0.717, 1.165) is 25.0 Å². The van der Waals surface area contributed by atoms with Crippen LogP contribution in [-0.4, -0.2) is 28.6 Å². The number of nitrogens with two attached hydrogens (primary N) is 1. The minimum atomic E-state index is -0.934. The second kappa shape index (κ2) is 6.36. The average molecular weight is 261 g/mol. The van der Waals surface area contributed by atoms with Crippen LogP contribution in [0.3, 0.4) is 0 Å². The number of rotatable bonds is 7. The van der Waals surface area contributed by atoms with Gasteiger partial charge in [-0.3, -0.25) is 4.79 Å². The Labute approximate surface area is 111 Å². The maximum Gasteiger partial charge on any atom is 0.320 e. The number of benzene rings is 1. The number of hydrogen-bond acceptors (Lipinski definition) is 3. The van der Waals surface area contributed by atoms with Gasteiger partial charge in [0.2, 0.25) is 0 Å². The van der Waals surface area contributed by atoms with E-state index in [2.05, 4.69) is 16.4 Å². The zero-order chi connectivity index (χ0) is 13.7. The highest BCUT2D eigenvalue weighted by Gasteiger charge is 2.10.